The quantitative estimate of drug-likeness (QED) is 0.751. The van der Waals surface area contributed by atoms with Crippen LogP contribution in [-0.4, -0.2) is 47.2 Å². The van der Waals surface area contributed by atoms with E-state index in [0.717, 1.165) is 38.9 Å². The van der Waals surface area contributed by atoms with Gasteiger partial charge in [0.2, 0.25) is 0 Å². The van der Waals surface area contributed by atoms with E-state index in [1.54, 1.807) is 0 Å². The molecule has 0 radical (unpaired) electrons. The molecule has 0 aliphatic carbocycles. The number of rotatable bonds is 3. The molecule has 2 aliphatic heterocycles. The summed E-state index contributed by atoms with van der Waals surface area (Å²) in [4.78, 5) is 13.9. The van der Waals surface area contributed by atoms with Gasteiger partial charge in [0.25, 0.3) is 0 Å². The van der Waals surface area contributed by atoms with E-state index in [1.165, 1.54) is 0 Å². The summed E-state index contributed by atoms with van der Waals surface area (Å²) in [5.41, 5.74) is -0.635. The van der Waals surface area contributed by atoms with Gasteiger partial charge in [0, 0.05) is 18.5 Å². The van der Waals surface area contributed by atoms with Crippen molar-refractivity contribution in [2.45, 2.75) is 44.7 Å². The van der Waals surface area contributed by atoms with Crippen LogP contribution in [-0.2, 0) is 4.79 Å². The van der Waals surface area contributed by atoms with Crippen LogP contribution in [0.15, 0.2) is 0 Å². The van der Waals surface area contributed by atoms with Crippen molar-refractivity contribution in [1.29, 1.82) is 0 Å². The lowest BCUT2D eigenvalue weighted by molar-refractivity contribution is -0.146. The Kier molecular flexibility index (Phi) is 3.22. The first kappa shape index (κ1) is 11.9. The lowest BCUT2D eigenvalue weighted by Gasteiger charge is -2.31. The predicted molar refractivity (Wildman–Crippen MR) is 62.4 cm³/mol. The van der Waals surface area contributed by atoms with Crippen LogP contribution in [0.4, 0.5) is 0 Å². The Morgan fingerprint density at radius 1 is 1.56 bits per heavy atom. The second-order valence-electron chi connectivity index (χ2n) is 5.38. The number of likely N-dealkylation sites (tertiary alicyclic amines) is 1. The molecule has 2 saturated heterocycles. The number of nitrogens with one attached hydrogen (secondary N) is 1. The first-order chi connectivity index (χ1) is 7.56. The topological polar surface area (TPSA) is 52.6 Å². The fraction of sp³-hybridized carbons (Fsp3) is 0.917. The Morgan fingerprint density at radius 2 is 2.31 bits per heavy atom. The SMILES string of the molecule is CC(C)N1CCC(C2(C(=O)O)CCCN2)C1. The monoisotopic (exact) mass is 226 g/mol. The van der Waals surface area contributed by atoms with Crippen LogP contribution in [0.5, 0.6) is 0 Å². The maximum absolute atomic E-state index is 11.5. The Hall–Kier alpha value is -0.610. The second kappa shape index (κ2) is 4.34. The third-order valence-electron chi connectivity index (χ3n) is 4.22. The van der Waals surface area contributed by atoms with Gasteiger partial charge in [-0.15, -0.1) is 0 Å². The third-order valence-corrected chi connectivity index (χ3v) is 4.22. The first-order valence-corrected chi connectivity index (χ1v) is 6.29. The smallest absolute Gasteiger partial charge is 0.324 e. The second-order valence-corrected chi connectivity index (χ2v) is 5.38. The molecule has 92 valence electrons. The Morgan fingerprint density at radius 3 is 2.75 bits per heavy atom. The molecule has 0 aromatic rings. The molecule has 4 nitrogen and oxygen atoms in total. The summed E-state index contributed by atoms with van der Waals surface area (Å²) in [6.07, 6.45) is 2.79. The molecule has 16 heavy (non-hydrogen) atoms. The molecule has 0 aromatic carbocycles. The highest BCUT2D eigenvalue weighted by Crippen LogP contribution is 2.35. The molecule has 0 spiro atoms. The van der Waals surface area contributed by atoms with Crippen LogP contribution < -0.4 is 5.32 Å². The van der Waals surface area contributed by atoms with Crippen molar-refractivity contribution in [3.05, 3.63) is 0 Å². The Bertz CT molecular complexity index is 272. The highest BCUT2D eigenvalue weighted by atomic mass is 16.4. The van der Waals surface area contributed by atoms with Crippen LogP contribution in [0.3, 0.4) is 0 Å². The summed E-state index contributed by atoms with van der Waals surface area (Å²) in [7, 11) is 0. The van der Waals surface area contributed by atoms with Gasteiger partial charge < -0.3 is 15.3 Å². The van der Waals surface area contributed by atoms with Gasteiger partial charge in [-0.25, -0.2) is 0 Å². The van der Waals surface area contributed by atoms with Gasteiger partial charge in [-0.1, -0.05) is 0 Å². The summed E-state index contributed by atoms with van der Waals surface area (Å²) in [5.74, 6) is -0.379. The lowest BCUT2D eigenvalue weighted by Crippen LogP contribution is -2.54. The molecular weight excluding hydrogens is 204 g/mol. The van der Waals surface area contributed by atoms with Crippen molar-refractivity contribution >= 4 is 5.97 Å². The Balaban J connectivity index is 2.09. The molecular formula is C12H22N2O2. The van der Waals surface area contributed by atoms with Crippen LogP contribution in [0.2, 0.25) is 0 Å². The van der Waals surface area contributed by atoms with Crippen molar-refractivity contribution in [1.82, 2.24) is 10.2 Å². The van der Waals surface area contributed by atoms with Crippen LogP contribution in [0, 0.1) is 5.92 Å². The van der Waals surface area contributed by atoms with Crippen molar-refractivity contribution in [3.8, 4) is 0 Å². The molecule has 4 heteroatoms. The number of hydrogen-bond acceptors (Lipinski definition) is 3. The molecule has 2 atom stereocenters. The van der Waals surface area contributed by atoms with Crippen LogP contribution in [0.1, 0.15) is 33.1 Å². The zero-order chi connectivity index (χ0) is 11.8. The Labute approximate surface area is 97.0 Å². The van der Waals surface area contributed by atoms with E-state index >= 15 is 0 Å². The summed E-state index contributed by atoms with van der Waals surface area (Å²) in [6.45, 7) is 7.18. The summed E-state index contributed by atoms with van der Waals surface area (Å²) >= 11 is 0. The van der Waals surface area contributed by atoms with Crippen molar-refractivity contribution in [2.75, 3.05) is 19.6 Å². The molecule has 2 rings (SSSR count). The van der Waals surface area contributed by atoms with Crippen molar-refractivity contribution in [2.24, 2.45) is 5.92 Å². The van der Waals surface area contributed by atoms with E-state index in [9.17, 15) is 9.90 Å². The van der Waals surface area contributed by atoms with Crippen molar-refractivity contribution < 1.29 is 9.90 Å². The van der Waals surface area contributed by atoms with Gasteiger partial charge in [-0.3, -0.25) is 4.79 Å². The van der Waals surface area contributed by atoms with E-state index < -0.39 is 11.5 Å². The highest BCUT2D eigenvalue weighted by molar-refractivity contribution is 5.79. The van der Waals surface area contributed by atoms with E-state index in [0.29, 0.717) is 6.04 Å². The zero-order valence-corrected chi connectivity index (χ0v) is 10.2. The molecule has 0 amide bonds. The van der Waals surface area contributed by atoms with Gasteiger partial charge in [0.05, 0.1) is 0 Å². The summed E-state index contributed by atoms with van der Waals surface area (Å²) < 4.78 is 0. The lowest BCUT2D eigenvalue weighted by atomic mass is 9.82. The standard InChI is InChI=1S/C12H22N2O2/c1-9(2)14-7-4-10(8-14)12(11(15)16)5-3-6-13-12/h9-10,13H,3-8H2,1-2H3,(H,15,16). The number of hydrogen-bond donors (Lipinski definition) is 2. The highest BCUT2D eigenvalue weighted by Gasteiger charge is 2.49. The van der Waals surface area contributed by atoms with Crippen LogP contribution >= 0.6 is 0 Å². The van der Waals surface area contributed by atoms with Crippen molar-refractivity contribution in [3.63, 3.8) is 0 Å². The minimum absolute atomic E-state index is 0.273. The molecule has 0 saturated carbocycles. The fourth-order valence-corrected chi connectivity index (χ4v) is 3.13. The number of carbonyl (C=O) groups is 1. The molecule has 2 heterocycles. The third kappa shape index (κ3) is 1.84. The minimum Gasteiger partial charge on any atom is -0.480 e. The predicted octanol–water partition coefficient (Wildman–Crippen LogP) is 0.924. The van der Waals surface area contributed by atoms with Gasteiger partial charge >= 0.3 is 5.97 Å². The van der Waals surface area contributed by atoms with E-state index in [-0.39, 0.29) is 5.92 Å². The minimum atomic E-state index is -0.652. The average molecular weight is 226 g/mol. The molecule has 0 aromatic heterocycles. The van der Waals surface area contributed by atoms with Gasteiger partial charge in [0.15, 0.2) is 0 Å². The number of carboxylic acid groups (broad SMARTS) is 1. The average Bonchev–Trinajstić information content (AvgIpc) is 2.87. The summed E-state index contributed by atoms with van der Waals surface area (Å²) in [6, 6.07) is 0.525. The van der Waals surface area contributed by atoms with E-state index in [4.69, 9.17) is 0 Å². The van der Waals surface area contributed by atoms with Crippen LogP contribution in [0.25, 0.3) is 0 Å². The number of aliphatic carboxylic acids is 1. The maximum atomic E-state index is 11.5. The zero-order valence-electron chi connectivity index (χ0n) is 10.2. The first-order valence-electron chi connectivity index (χ1n) is 6.29. The van der Waals surface area contributed by atoms with Gasteiger partial charge in [-0.2, -0.15) is 0 Å². The molecule has 2 fully saturated rings. The van der Waals surface area contributed by atoms with E-state index in [1.807, 2.05) is 0 Å². The van der Waals surface area contributed by atoms with E-state index in [2.05, 4.69) is 24.1 Å². The number of nitrogens with zero attached hydrogens (tertiary/aromatic N) is 1. The van der Waals surface area contributed by atoms with Gasteiger partial charge in [0.1, 0.15) is 5.54 Å². The molecule has 0 bridgehead atoms. The maximum Gasteiger partial charge on any atom is 0.324 e. The fourth-order valence-electron chi connectivity index (χ4n) is 3.13. The largest absolute Gasteiger partial charge is 0.480 e. The normalized spacial score (nSPS) is 36.1. The summed E-state index contributed by atoms with van der Waals surface area (Å²) in [5, 5.41) is 12.7. The van der Waals surface area contributed by atoms with Gasteiger partial charge in [-0.05, 0) is 46.2 Å². The molecule has 2 aliphatic rings. The molecule has 2 N–H and O–H groups in total. The number of carboxylic acids is 1. The molecule has 2 unspecified atom stereocenters.